The van der Waals surface area contributed by atoms with Gasteiger partial charge in [0.15, 0.2) is 0 Å². The van der Waals surface area contributed by atoms with Crippen LogP contribution in [0.3, 0.4) is 0 Å². The first kappa shape index (κ1) is 73.8. The number of fused-ring (bicyclic) bond motifs is 10. The van der Waals surface area contributed by atoms with Gasteiger partial charge in [-0.05, 0) is 222 Å². The van der Waals surface area contributed by atoms with Crippen LogP contribution in [0.25, 0.3) is 0 Å². The lowest BCUT2D eigenvalue weighted by Crippen LogP contribution is -2.47. The van der Waals surface area contributed by atoms with Crippen LogP contribution in [-0.4, -0.2) is 189 Å². The molecule has 10 rings (SSSR count). The van der Waals surface area contributed by atoms with E-state index in [1.54, 1.807) is 0 Å². The molecule has 2 aliphatic heterocycles. The lowest BCUT2D eigenvalue weighted by molar-refractivity contribution is -0.284. The molecule has 0 aromatic heterocycles. The normalized spacial score (nSPS) is 31.3. The van der Waals surface area contributed by atoms with Gasteiger partial charge in [0.25, 0.3) is 0 Å². The summed E-state index contributed by atoms with van der Waals surface area (Å²) < 4.78 is 165. The fourth-order valence-corrected chi connectivity index (χ4v) is 19.6. The number of alkyl halides is 10. The summed E-state index contributed by atoms with van der Waals surface area (Å²) in [5.74, 6) is -6.46. The van der Waals surface area contributed by atoms with Crippen molar-refractivity contribution in [3.8, 4) is 11.5 Å². The Kier molecular flexibility index (Phi) is 24.8. The van der Waals surface area contributed by atoms with Gasteiger partial charge in [-0.15, -0.1) is 12.4 Å². The van der Waals surface area contributed by atoms with E-state index in [1.807, 2.05) is 24.3 Å². The van der Waals surface area contributed by atoms with Gasteiger partial charge in [-0.1, -0.05) is 26.0 Å². The molecule has 4 saturated carbocycles. The first-order valence-electron chi connectivity index (χ1n) is 32.8. The number of ether oxygens (including phenoxy) is 2. The largest absolute Gasteiger partial charge is 0.453 e. The molecule has 0 amide bonds. The Labute approximate surface area is 541 Å². The predicted molar refractivity (Wildman–Crippen MR) is 333 cm³/mol. The topological polar surface area (TPSA) is 140 Å². The van der Waals surface area contributed by atoms with Crippen molar-refractivity contribution >= 4 is 45.9 Å². The Bertz CT molecular complexity index is 2640. The predicted octanol–water partition coefficient (Wildman–Crippen LogP) is 12.0. The highest BCUT2D eigenvalue weighted by Gasteiger charge is 2.60. The van der Waals surface area contributed by atoms with Gasteiger partial charge in [-0.2, -0.15) is 43.9 Å². The first-order valence-corrected chi connectivity index (χ1v) is 35.8. The van der Waals surface area contributed by atoms with Crippen molar-refractivity contribution in [2.24, 2.45) is 46.3 Å². The third-order valence-corrected chi connectivity index (χ3v) is 25.4. The number of esters is 2. The molecule has 25 heteroatoms. The monoisotopic (exact) mass is 1360 g/mol. The molecule has 2 heterocycles. The fourth-order valence-electron chi connectivity index (χ4n) is 17.3. The molecule has 2 aromatic rings. The minimum Gasteiger partial charge on any atom is -0.426 e. The average Bonchev–Trinajstić information content (AvgIpc) is 1.68. The molecular formula is C66H95ClF10N4O8S2. The number of carbonyl (C=O) groups excluding carboxylic acids is 2. The van der Waals surface area contributed by atoms with Gasteiger partial charge in [0.1, 0.15) is 11.5 Å². The minimum absolute atomic E-state index is 0. The van der Waals surface area contributed by atoms with Crippen molar-refractivity contribution in [3.05, 3.63) is 58.7 Å². The zero-order chi connectivity index (χ0) is 65.1. The van der Waals surface area contributed by atoms with E-state index in [4.69, 9.17) is 9.47 Å². The van der Waals surface area contributed by atoms with Gasteiger partial charge < -0.3 is 29.5 Å². The molecular weight excluding hydrogens is 1270 g/mol. The lowest BCUT2D eigenvalue weighted by Gasteiger charge is -2.53. The second-order valence-corrected chi connectivity index (χ2v) is 31.6. The maximum Gasteiger partial charge on any atom is 0.453 e. The van der Waals surface area contributed by atoms with Crippen molar-refractivity contribution in [2.75, 3.05) is 103 Å². The van der Waals surface area contributed by atoms with Gasteiger partial charge in [0, 0.05) is 110 Å². The summed E-state index contributed by atoms with van der Waals surface area (Å²) in [6.07, 6.45) is -4.07. The van der Waals surface area contributed by atoms with Crippen LogP contribution >= 0.6 is 12.4 Å². The maximum absolute atomic E-state index is 13.3. The Morgan fingerprint density at radius 1 is 0.538 bits per heavy atom. The minimum atomic E-state index is -5.59. The number of nitrogens with zero attached hydrogens (tertiary/aromatic N) is 4. The van der Waals surface area contributed by atoms with Crippen molar-refractivity contribution in [1.29, 1.82) is 0 Å². The molecule has 12 nitrogen and oxygen atoms in total. The molecule has 0 bridgehead atoms. The molecule has 6 aliphatic carbocycles. The third kappa shape index (κ3) is 17.6. The van der Waals surface area contributed by atoms with Crippen LogP contribution in [0.1, 0.15) is 151 Å². The number of carbonyl (C=O) groups is 2. The van der Waals surface area contributed by atoms with Gasteiger partial charge >= 0.3 is 36.1 Å². The third-order valence-electron chi connectivity index (χ3n) is 22.5. The van der Waals surface area contributed by atoms with Gasteiger partial charge in [0.2, 0.25) is 0 Å². The van der Waals surface area contributed by atoms with Crippen LogP contribution < -0.4 is 9.47 Å². The van der Waals surface area contributed by atoms with Crippen LogP contribution in [-0.2, 0) is 44.0 Å². The highest BCUT2D eigenvalue weighted by atomic mass is 35.5. The Balaban J connectivity index is 0.000000232. The number of likely N-dealkylation sites (N-methyl/N-ethyl adjacent to an activating group) is 2. The van der Waals surface area contributed by atoms with Crippen LogP contribution in [0.5, 0.6) is 11.5 Å². The Morgan fingerprint density at radius 3 is 1.24 bits per heavy atom. The van der Waals surface area contributed by atoms with Gasteiger partial charge in [-0.25, -0.2) is 0 Å². The highest BCUT2D eigenvalue weighted by molar-refractivity contribution is 7.85. The molecule has 8 aliphatic rings. The molecule has 2 N–H and O–H groups in total. The van der Waals surface area contributed by atoms with Crippen molar-refractivity contribution in [2.45, 2.75) is 178 Å². The van der Waals surface area contributed by atoms with E-state index >= 15 is 0 Å². The zero-order valence-corrected chi connectivity index (χ0v) is 55.5. The maximum atomic E-state index is 13.3. The Morgan fingerprint density at radius 2 is 0.890 bits per heavy atom. The number of benzene rings is 2. The van der Waals surface area contributed by atoms with E-state index in [1.165, 1.54) is 11.1 Å². The summed E-state index contributed by atoms with van der Waals surface area (Å²) in [5.41, 5.74) is 4.53. The summed E-state index contributed by atoms with van der Waals surface area (Å²) in [7, 11) is 1.17. The SMILES string of the molecule is CN1CCN(CC(=O)Oc2ccc3c(c2)C[C@@H](CCCS(=O)CCCC(F)(F)C(F)(F)F)[C@@H]2[C@@H]3CC[C@]3(C)[C@@H](O)CC[C@@H]23)CC1.CN1CCN(CC(=O)Oc2ccc3c(c2)C[C@@H](CCCS(=O)CCCC(F)(F)C(F)(F)F)[C@@H]2[C@@H]3CC[C@]3(C)[C@@H](O)CC[C@@H]23)CC1.Cl. The van der Waals surface area contributed by atoms with E-state index in [-0.39, 0.29) is 95.3 Å². The van der Waals surface area contributed by atoms with E-state index in [0.29, 0.717) is 59.8 Å². The molecule has 516 valence electrons. The molecule has 2 aromatic carbocycles. The van der Waals surface area contributed by atoms with Crippen LogP contribution in [0.15, 0.2) is 36.4 Å². The molecule has 91 heavy (non-hydrogen) atoms. The fraction of sp³-hybridized carbons (Fsp3) is 0.788. The summed E-state index contributed by atoms with van der Waals surface area (Å²) in [4.78, 5) is 34.2. The first-order chi connectivity index (χ1) is 42.4. The quantitative estimate of drug-likeness (QED) is 0.0659. The van der Waals surface area contributed by atoms with E-state index < -0.39 is 71.5 Å². The van der Waals surface area contributed by atoms with E-state index in [9.17, 15) is 72.1 Å². The van der Waals surface area contributed by atoms with Gasteiger partial charge in [-0.3, -0.25) is 27.8 Å². The van der Waals surface area contributed by atoms with Crippen molar-refractivity contribution < 1.29 is 81.6 Å². The molecule has 14 atom stereocenters. The number of hydrogen-bond donors (Lipinski definition) is 2. The standard InChI is InChI=1S/2C33H47F5N2O4S.ClH/c2*1-31-12-10-26-25-7-6-24(44-29(42)21-40-15-13-39(2)14-16-40)20-23(25)19-22(30(26)27(31)8-9-28(31)41)5-3-17-45(43)18-4-11-32(34,35)33(36,37)38;/h2*6-7,20,22,26-28,30,41H,3-5,8-19,21H2,1-2H3;1H/t2*22-,26-,27+,28+,30-,31+,45?;/m11./s1. The molecule has 2 saturated heterocycles. The average molecular weight is 1360 g/mol. The molecule has 0 spiro atoms. The second-order valence-electron chi connectivity index (χ2n) is 28.2. The molecule has 0 radical (unpaired) electrons. The van der Waals surface area contributed by atoms with Crippen molar-refractivity contribution in [3.63, 3.8) is 0 Å². The van der Waals surface area contributed by atoms with E-state index in [0.717, 1.165) is 141 Å². The van der Waals surface area contributed by atoms with Gasteiger partial charge in [0.05, 0.1) is 25.3 Å². The molecule has 2 unspecified atom stereocenters. The number of hydrogen-bond acceptors (Lipinski definition) is 12. The number of aliphatic hydroxyl groups excluding tert-OH is 2. The highest BCUT2D eigenvalue weighted by Crippen LogP contribution is 2.64. The molecule has 6 fully saturated rings. The lowest BCUT2D eigenvalue weighted by atomic mass is 9.52. The number of rotatable bonds is 22. The summed E-state index contributed by atoms with van der Waals surface area (Å²) in [6.45, 7) is 11.8. The second kappa shape index (κ2) is 30.6. The van der Waals surface area contributed by atoms with Crippen molar-refractivity contribution in [1.82, 2.24) is 19.6 Å². The van der Waals surface area contributed by atoms with E-state index in [2.05, 4.69) is 59.7 Å². The summed E-state index contributed by atoms with van der Waals surface area (Å²) in [6, 6.07) is 11.9. The smallest absolute Gasteiger partial charge is 0.426 e. The number of halogens is 11. The summed E-state index contributed by atoms with van der Waals surface area (Å²) in [5, 5.41) is 21.9. The van der Waals surface area contributed by atoms with Crippen LogP contribution in [0.2, 0.25) is 0 Å². The van der Waals surface area contributed by atoms with Crippen LogP contribution in [0.4, 0.5) is 43.9 Å². The Hall–Kier alpha value is -2.97. The zero-order valence-electron chi connectivity index (χ0n) is 53.0. The number of aliphatic hydroxyl groups is 2. The summed E-state index contributed by atoms with van der Waals surface area (Å²) >= 11 is 0. The number of piperazine rings is 2. The van der Waals surface area contributed by atoms with Crippen LogP contribution in [0, 0.1) is 46.3 Å².